The zero-order valence-electron chi connectivity index (χ0n) is 9.13. The van der Waals surface area contributed by atoms with Gasteiger partial charge < -0.3 is 9.73 Å². The molecule has 2 aromatic rings. The fraction of sp³-hybridized carbons (Fsp3) is 0.333. The summed E-state index contributed by atoms with van der Waals surface area (Å²) in [5, 5.41) is 5.54. The maximum Gasteiger partial charge on any atom is 0.169 e. The maximum atomic E-state index is 5.42. The van der Waals surface area contributed by atoms with Crippen LogP contribution in [0.4, 0.5) is 0 Å². The molecule has 0 amide bonds. The van der Waals surface area contributed by atoms with Crippen molar-refractivity contribution in [3.8, 4) is 0 Å². The predicted octanol–water partition coefficient (Wildman–Crippen LogP) is 3.96. The topological polar surface area (TPSA) is 25.2 Å². The number of furan rings is 1. The van der Waals surface area contributed by atoms with E-state index in [-0.39, 0.29) is 0 Å². The lowest BCUT2D eigenvalue weighted by molar-refractivity contribution is 0.465. The average Bonchev–Trinajstić information content (AvgIpc) is 2.87. The zero-order chi connectivity index (χ0) is 11.4. The quantitative estimate of drug-likeness (QED) is 0.904. The highest BCUT2D eigenvalue weighted by Gasteiger charge is 2.03. The average molecular weight is 300 g/mol. The molecule has 2 rings (SSSR count). The fourth-order valence-corrected chi connectivity index (χ4v) is 2.87. The highest BCUT2D eigenvalue weighted by atomic mass is 79.9. The third-order valence-corrected chi connectivity index (χ3v) is 3.82. The van der Waals surface area contributed by atoms with Crippen molar-refractivity contribution in [1.82, 2.24) is 5.32 Å². The Morgan fingerprint density at radius 3 is 2.88 bits per heavy atom. The summed E-state index contributed by atoms with van der Waals surface area (Å²) in [7, 11) is 0. The van der Waals surface area contributed by atoms with Crippen LogP contribution in [0.25, 0.3) is 0 Å². The monoisotopic (exact) mass is 299 g/mol. The smallest absolute Gasteiger partial charge is 0.169 e. The molecular weight excluding hydrogens is 286 g/mol. The second-order valence-corrected chi connectivity index (χ2v) is 5.31. The number of halogens is 1. The molecule has 2 aromatic heterocycles. The van der Waals surface area contributed by atoms with Gasteiger partial charge in [-0.25, -0.2) is 0 Å². The van der Waals surface area contributed by atoms with Gasteiger partial charge in [0.2, 0.25) is 0 Å². The Kier molecular flexibility index (Phi) is 4.21. The standard InChI is InChI=1S/C12H14BrNOS/c1-2-9-5-6-16-11(9)8-14-7-10-3-4-12(13)15-10/h3-6,14H,2,7-8H2,1H3. The summed E-state index contributed by atoms with van der Waals surface area (Å²) in [4.78, 5) is 1.42. The van der Waals surface area contributed by atoms with Crippen LogP contribution in [0, 0.1) is 0 Å². The summed E-state index contributed by atoms with van der Waals surface area (Å²) >= 11 is 5.11. The number of hydrogen-bond donors (Lipinski definition) is 1. The molecule has 0 saturated heterocycles. The fourth-order valence-electron chi connectivity index (χ4n) is 1.58. The summed E-state index contributed by atoms with van der Waals surface area (Å²) in [5.41, 5.74) is 1.44. The molecule has 0 atom stereocenters. The molecule has 0 aliphatic carbocycles. The third-order valence-electron chi connectivity index (χ3n) is 2.43. The van der Waals surface area contributed by atoms with Gasteiger partial charge in [0.05, 0.1) is 6.54 Å². The first kappa shape index (κ1) is 11.9. The molecule has 0 fully saturated rings. The van der Waals surface area contributed by atoms with Crippen LogP contribution in [0.15, 0.2) is 32.7 Å². The van der Waals surface area contributed by atoms with E-state index in [1.165, 1.54) is 10.4 Å². The molecule has 16 heavy (non-hydrogen) atoms. The first-order chi connectivity index (χ1) is 7.79. The van der Waals surface area contributed by atoms with Crippen molar-refractivity contribution in [1.29, 1.82) is 0 Å². The van der Waals surface area contributed by atoms with Gasteiger partial charge in [0, 0.05) is 11.4 Å². The molecule has 0 aliphatic heterocycles. The molecule has 0 aliphatic rings. The lowest BCUT2D eigenvalue weighted by atomic mass is 10.2. The minimum atomic E-state index is 0.770. The van der Waals surface area contributed by atoms with Crippen molar-refractivity contribution in [2.45, 2.75) is 26.4 Å². The van der Waals surface area contributed by atoms with Crippen LogP contribution >= 0.6 is 27.3 Å². The number of aryl methyl sites for hydroxylation is 1. The molecule has 4 heteroatoms. The van der Waals surface area contributed by atoms with Crippen molar-refractivity contribution in [2.24, 2.45) is 0 Å². The molecule has 86 valence electrons. The van der Waals surface area contributed by atoms with E-state index >= 15 is 0 Å². The van der Waals surface area contributed by atoms with Gasteiger partial charge in [0.15, 0.2) is 4.67 Å². The van der Waals surface area contributed by atoms with Gasteiger partial charge in [-0.3, -0.25) is 0 Å². The Morgan fingerprint density at radius 1 is 1.31 bits per heavy atom. The molecule has 0 bridgehead atoms. The van der Waals surface area contributed by atoms with Gasteiger partial charge in [-0.1, -0.05) is 6.92 Å². The number of hydrogen-bond acceptors (Lipinski definition) is 3. The lowest BCUT2D eigenvalue weighted by Gasteiger charge is -2.02. The van der Waals surface area contributed by atoms with E-state index in [9.17, 15) is 0 Å². The van der Waals surface area contributed by atoms with E-state index in [0.29, 0.717) is 0 Å². The van der Waals surface area contributed by atoms with Gasteiger partial charge in [-0.15, -0.1) is 11.3 Å². The van der Waals surface area contributed by atoms with Gasteiger partial charge in [-0.2, -0.15) is 0 Å². The van der Waals surface area contributed by atoms with E-state index in [1.54, 1.807) is 0 Å². The highest BCUT2D eigenvalue weighted by molar-refractivity contribution is 9.10. The summed E-state index contributed by atoms with van der Waals surface area (Å²) in [5.74, 6) is 0.960. The third kappa shape index (κ3) is 2.97. The minimum Gasteiger partial charge on any atom is -0.453 e. The van der Waals surface area contributed by atoms with Crippen LogP contribution in [0.1, 0.15) is 23.1 Å². The molecule has 2 heterocycles. The van der Waals surface area contributed by atoms with E-state index in [2.05, 4.69) is 39.6 Å². The Balaban J connectivity index is 1.84. The molecule has 0 unspecified atom stereocenters. The number of thiophene rings is 1. The summed E-state index contributed by atoms with van der Waals surface area (Å²) in [6.07, 6.45) is 1.10. The highest BCUT2D eigenvalue weighted by Crippen LogP contribution is 2.18. The van der Waals surface area contributed by atoms with Crippen molar-refractivity contribution in [2.75, 3.05) is 0 Å². The van der Waals surface area contributed by atoms with Gasteiger partial charge in [0.1, 0.15) is 5.76 Å². The zero-order valence-corrected chi connectivity index (χ0v) is 11.5. The second kappa shape index (κ2) is 5.66. The summed E-state index contributed by atoms with van der Waals surface area (Å²) in [6.45, 7) is 3.88. The predicted molar refractivity (Wildman–Crippen MR) is 70.6 cm³/mol. The first-order valence-corrected chi connectivity index (χ1v) is 6.97. The summed E-state index contributed by atoms with van der Waals surface area (Å²) < 4.78 is 6.20. The molecular formula is C12H14BrNOS. The van der Waals surface area contributed by atoms with Crippen LogP contribution in [0.2, 0.25) is 0 Å². The van der Waals surface area contributed by atoms with E-state index in [1.807, 2.05) is 23.5 Å². The van der Waals surface area contributed by atoms with Crippen molar-refractivity contribution >= 4 is 27.3 Å². The van der Waals surface area contributed by atoms with Crippen molar-refractivity contribution < 1.29 is 4.42 Å². The molecule has 0 radical (unpaired) electrons. The number of rotatable bonds is 5. The van der Waals surface area contributed by atoms with Crippen molar-refractivity contribution in [3.05, 3.63) is 44.4 Å². The van der Waals surface area contributed by atoms with Gasteiger partial charge >= 0.3 is 0 Å². The molecule has 0 spiro atoms. The largest absolute Gasteiger partial charge is 0.453 e. The number of nitrogens with one attached hydrogen (secondary N) is 1. The Hall–Kier alpha value is -0.580. The Labute approximate surface area is 108 Å². The molecule has 2 nitrogen and oxygen atoms in total. The molecule has 1 N–H and O–H groups in total. The Bertz CT molecular complexity index is 449. The van der Waals surface area contributed by atoms with Crippen LogP contribution < -0.4 is 5.32 Å². The van der Waals surface area contributed by atoms with Crippen molar-refractivity contribution in [3.63, 3.8) is 0 Å². The van der Waals surface area contributed by atoms with E-state index < -0.39 is 0 Å². The van der Waals surface area contributed by atoms with Crippen LogP contribution in [-0.4, -0.2) is 0 Å². The van der Waals surface area contributed by atoms with E-state index in [0.717, 1.165) is 29.9 Å². The van der Waals surface area contributed by atoms with Gasteiger partial charge in [0.25, 0.3) is 0 Å². The van der Waals surface area contributed by atoms with Crippen LogP contribution in [0.5, 0.6) is 0 Å². The maximum absolute atomic E-state index is 5.42. The van der Waals surface area contributed by atoms with Crippen LogP contribution in [0.3, 0.4) is 0 Å². The lowest BCUT2D eigenvalue weighted by Crippen LogP contribution is -2.12. The van der Waals surface area contributed by atoms with Crippen LogP contribution in [-0.2, 0) is 19.5 Å². The first-order valence-electron chi connectivity index (χ1n) is 5.29. The van der Waals surface area contributed by atoms with Gasteiger partial charge in [-0.05, 0) is 51.5 Å². The summed E-state index contributed by atoms with van der Waals surface area (Å²) in [6, 6.07) is 6.09. The normalized spacial score (nSPS) is 10.9. The molecule has 0 saturated carbocycles. The Morgan fingerprint density at radius 2 is 2.19 bits per heavy atom. The molecule has 0 aromatic carbocycles. The van der Waals surface area contributed by atoms with E-state index in [4.69, 9.17) is 4.42 Å². The SMILES string of the molecule is CCc1ccsc1CNCc1ccc(Br)o1. The minimum absolute atomic E-state index is 0.770. The second-order valence-electron chi connectivity index (χ2n) is 3.53.